The number of aromatic nitrogens is 2. The van der Waals surface area contributed by atoms with Gasteiger partial charge in [-0.25, -0.2) is 0 Å². The van der Waals surface area contributed by atoms with Gasteiger partial charge in [0.15, 0.2) is 0 Å². The predicted octanol–water partition coefficient (Wildman–Crippen LogP) is 4.62. The standard InChI is InChI=1S/C22H20N4O2S/c1-2-6-20-25-26-22(29-20)24-21(27)18(14-23)13-16-9-11-19(12-10-16)28-15-17-7-4-3-5-8-17/h3-5,7-13H,2,6,15H2,1H3,(H,24,26,27)/b18-13-. The second-order valence-electron chi connectivity index (χ2n) is 6.22. The average Bonchev–Trinajstić information content (AvgIpc) is 3.19. The van der Waals surface area contributed by atoms with Crippen LogP contribution in [-0.4, -0.2) is 16.1 Å². The van der Waals surface area contributed by atoms with Crippen LogP contribution >= 0.6 is 11.3 Å². The van der Waals surface area contributed by atoms with Gasteiger partial charge in [-0.1, -0.05) is 60.7 Å². The fourth-order valence-corrected chi connectivity index (χ4v) is 3.34. The van der Waals surface area contributed by atoms with Crippen molar-refractivity contribution in [2.45, 2.75) is 26.4 Å². The van der Waals surface area contributed by atoms with Crippen LogP contribution in [0.5, 0.6) is 5.75 Å². The van der Waals surface area contributed by atoms with Gasteiger partial charge in [-0.3, -0.25) is 10.1 Å². The van der Waals surface area contributed by atoms with Crippen LogP contribution in [0.3, 0.4) is 0 Å². The molecule has 1 heterocycles. The number of anilines is 1. The van der Waals surface area contributed by atoms with Gasteiger partial charge < -0.3 is 4.74 Å². The van der Waals surface area contributed by atoms with E-state index in [2.05, 4.69) is 15.5 Å². The summed E-state index contributed by atoms with van der Waals surface area (Å²) in [4.78, 5) is 12.4. The maximum atomic E-state index is 12.4. The molecule has 1 amide bonds. The second-order valence-corrected chi connectivity index (χ2v) is 7.28. The third kappa shape index (κ3) is 5.99. The Morgan fingerprint density at radius 1 is 1.17 bits per heavy atom. The van der Waals surface area contributed by atoms with E-state index in [9.17, 15) is 10.1 Å². The van der Waals surface area contributed by atoms with Gasteiger partial charge in [0.25, 0.3) is 5.91 Å². The van der Waals surface area contributed by atoms with Crippen molar-refractivity contribution in [2.75, 3.05) is 5.32 Å². The van der Waals surface area contributed by atoms with Gasteiger partial charge in [0, 0.05) is 6.42 Å². The number of hydrogen-bond donors (Lipinski definition) is 1. The van der Waals surface area contributed by atoms with Gasteiger partial charge in [0.2, 0.25) is 5.13 Å². The van der Waals surface area contributed by atoms with E-state index in [0.29, 0.717) is 17.5 Å². The Morgan fingerprint density at radius 2 is 1.93 bits per heavy atom. The lowest BCUT2D eigenvalue weighted by atomic mass is 10.1. The summed E-state index contributed by atoms with van der Waals surface area (Å²) in [5.74, 6) is 0.211. The zero-order valence-corrected chi connectivity index (χ0v) is 16.8. The topological polar surface area (TPSA) is 87.9 Å². The van der Waals surface area contributed by atoms with E-state index >= 15 is 0 Å². The fourth-order valence-electron chi connectivity index (χ4n) is 2.50. The Bertz CT molecular complexity index is 1020. The van der Waals surface area contributed by atoms with Crippen LogP contribution in [0.2, 0.25) is 0 Å². The first kappa shape index (κ1) is 20.2. The summed E-state index contributed by atoms with van der Waals surface area (Å²) in [7, 11) is 0. The van der Waals surface area contributed by atoms with Gasteiger partial charge in [-0.15, -0.1) is 10.2 Å². The molecule has 0 aliphatic carbocycles. The summed E-state index contributed by atoms with van der Waals surface area (Å²) in [5, 5.41) is 21.2. The molecule has 0 unspecified atom stereocenters. The van der Waals surface area contributed by atoms with Crippen molar-refractivity contribution in [3.05, 3.63) is 76.3 Å². The van der Waals surface area contributed by atoms with E-state index in [1.165, 1.54) is 17.4 Å². The number of carbonyl (C=O) groups is 1. The van der Waals surface area contributed by atoms with E-state index in [1.807, 2.05) is 55.5 Å². The number of nitriles is 1. The van der Waals surface area contributed by atoms with Crippen LogP contribution in [0.25, 0.3) is 6.08 Å². The molecule has 1 N–H and O–H groups in total. The summed E-state index contributed by atoms with van der Waals surface area (Å²) in [6, 6.07) is 19.0. The summed E-state index contributed by atoms with van der Waals surface area (Å²) >= 11 is 1.32. The number of aryl methyl sites for hydroxylation is 1. The molecule has 146 valence electrons. The number of benzene rings is 2. The van der Waals surface area contributed by atoms with E-state index in [1.54, 1.807) is 12.1 Å². The normalized spacial score (nSPS) is 11.0. The molecule has 3 rings (SSSR count). The number of nitrogens with one attached hydrogen (secondary N) is 1. The van der Waals surface area contributed by atoms with E-state index in [-0.39, 0.29) is 5.57 Å². The van der Waals surface area contributed by atoms with Crippen LogP contribution in [0.4, 0.5) is 5.13 Å². The number of rotatable bonds is 8. The molecule has 0 radical (unpaired) electrons. The van der Waals surface area contributed by atoms with Crippen LogP contribution in [0.1, 0.15) is 29.5 Å². The monoisotopic (exact) mass is 404 g/mol. The minimum atomic E-state index is -0.504. The van der Waals surface area contributed by atoms with E-state index < -0.39 is 5.91 Å². The molecule has 6 nitrogen and oxygen atoms in total. The van der Waals surface area contributed by atoms with Gasteiger partial charge in [-0.2, -0.15) is 5.26 Å². The van der Waals surface area contributed by atoms with Gasteiger partial charge >= 0.3 is 0 Å². The van der Waals surface area contributed by atoms with Crippen molar-refractivity contribution in [1.82, 2.24) is 10.2 Å². The molecule has 0 fully saturated rings. The van der Waals surface area contributed by atoms with E-state index in [4.69, 9.17) is 4.74 Å². The highest BCUT2D eigenvalue weighted by Crippen LogP contribution is 2.19. The Kier molecular flexibility index (Phi) is 7.09. The molecule has 0 saturated carbocycles. The fraction of sp³-hybridized carbons (Fsp3) is 0.182. The predicted molar refractivity (Wildman–Crippen MR) is 113 cm³/mol. The lowest BCUT2D eigenvalue weighted by molar-refractivity contribution is -0.112. The Hall–Kier alpha value is -3.50. The van der Waals surface area contributed by atoms with Crippen LogP contribution in [0.15, 0.2) is 60.2 Å². The van der Waals surface area contributed by atoms with Gasteiger partial charge in [0.1, 0.15) is 29.0 Å². The first-order chi connectivity index (χ1) is 14.2. The van der Waals surface area contributed by atoms with Crippen LogP contribution in [-0.2, 0) is 17.8 Å². The van der Waals surface area contributed by atoms with E-state index in [0.717, 1.165) is 29.0 Å². The Morgan fingerprint density at radius 3 is 2.62 bits per heavy atom. The molecule has 2 aromatic carbocycles. The van der Waals surface area contributed by atoms with Crippen LogP contribution in [0, 0.1) is 11.3 Å². The Balaban J connectivity index is 1.62. The van der Waals surface area contributed by atoms with Crippen molar-refractivity contribution in [2.24, 2.45) is 0 Å². The number of carbonyl (C=O) groups excluding carboxylic acids is 1. The number of nitrogens with zero attached hydrogens (tertiary/aromatic N) is 3. The lowest BCUT2D eigenvalue weighted by Crippen LogP contribution is -2.13. The molecule has 0 aliphatic rings. The average molecular weight is 404 g/mol. The quantitative estimate of drug-likeness (QED) is 0.437. The van der Waals surface area contributed by atoms with Crippen LogP contribution < -0.4 is 10.1 Å². The lowest BCUT2D eigenvalue weighted by Gasteiger charge is -2.06. The summed E-state index contributed by atoms with van der Waals surface area (Å²) in [5.41, 5.74) is 1.81. The summed E-state index contributed by atoms with van der Waals surface area (Å²) in [6.45, 7) is 2.53. The van der Waals surface area contributed by atoms with Gasteiger partial charge in [0.05, 0.1) is 0 Å². The van der Waals surface area contributed by atoms with Crippen molar-refractivity contribution in [3.63, 3.8) is 0 Å². The Labute approximate surface area is 173 Å². The largest absolute Gasteiger partial charge is 0.489 e. The highest BCUT2D eigenvalue weighted by Gasteiger charge is 2.12. The molecule has 0 atom stereocenters. The molecule has 7 heteroatoms. The molecular weight excluding hydrogens is 384 g/mol. The van der Waals surface area contributed by atoms with Gasteiger partial charge in [-0.05, 0) is 35.8 Å². The summed E-state index contributed by atoms with van der Waals surface area (Å²) < 4.78 is 5.75. The maximum absolute atomic E-state index is 12.4. The minimum Gasteiger partial charge on any atom is -0.489 e. The number of hydrogen-bond acceptors (Lipinski definition) is 6. The third-order valence-corrected chi connectivity index (χ3v) is 4.85. The molecule has 0 spiro atoms. The molecular formula is C22H20N4O2S. The summed E-state index contributed by atoms with van der Waals surface area (Å²) in [6.07, 6.45) is 3.30. The van der Waals surface area contributed by atoms with Crippen molar-refractivity contribution < 1.29 is 9.53 Å². The molecule has 0 aliphatic heterocycles. The van der Waals surface area contributed by atoms with Crippen molar-refractivity contribution in [3.8, 4) is 11.8 Å². The molecule has 0 saturated heterocycles. The highest BCUT2D eigenvalue weighted by atomic mass is 32.1. The zero-order chi connectivity index (χ0) is 20.5. The smallest absolute Gasteiger partial charge is 0.268 e. The first-order valence-corrected chi connectivity index (χ1v) is 10.0. The highest BCUT2D eigenvalue weighted by molar-refractivity contribution is 7.15. The SMILES string of the molecule is CCCc1nnc(NC(=O)/C(C#N)=C\c2ccc(OCc3ccccc3)cc2)s1. The third-order valence-electron chi connectivity index (χ3n) is 3.96. The zero-order valence-electron chi connectivity index (χ0n) is 16.0. The second kappa shape index (κ2) is 10.2. The molecule has 1 aromatic heterocycles. The molecule has 29 heavy (non-hydrogen) atoms. The van der Waals surface area contributed by atoms with Crippen molar-refractivity contribution >= 4 is 28.5 Å². The maximum Gasteiger partial charge on any atom is 0.268 e. The number of amides is 1. The molecule has 0 bridgehead atoms. The number of ether oxygens (including phenoxy) is 1. The first-order valence-electron chi connectivity index (χ1n) is 9.20. The van der Waals surface area contributed by atoms with Crippen molar-refractivity contribution in [1.29, 1.82) is 5.26 Å². The minimum absolute atomic E-state index is 0.00445. The molecule has 3 aromatic rings.